The van der Waals surface area contributed by atoms with E-state index in [2.05, 4.69) is 58.6 Å². The van der Waals surface area contributed by atoms with Gasteiger partial charge in [-0.15, -0.1) is 29.9 Å². The van der Waals surface area contributed by atoms with Gasteiger partial charge in [0.25, 0.3) is 0 Å². The molecule has 0 spiro atoms. The molecule has 1 aromatic carbocycles. The molecule has 1 saturated heterocycles. The molecule has 0 aliphatic carbocycles. The van der Waals surface area contributed by atoms with Crippen LogP contribution < -0.4 is 10.6 Å². The largest absolute Gasteiger partial charge is 0.405 e. The molecule has 3 N–H and O–H groups in total. The number of benzene rings is 1. The smallest absolute Gasteiger partial charge is 0.320 e. The molecule has 9 heteroatoms. The molecule has 2 heterocycles. The lowest BCUT2D eigenvalue weighted by Gasteiger charge is -2.32. The number of aliphatic hydroxyl groups is 1. The maximum atomic E-state index is 9.51. The third-order valence-electron chi connectivity index (χ3n) is 4.55. The van der Waals surface area contributed by atoms with Gasteiger partial charge in [-0.05, 0) is 50.5 Å². The topological polar surface area (TPSA) is 86.5 Å². The molecule has 152 valence electrons. The van der Waals surface area contributed by atoms with Crippen LogP contribution in [0.5, 0.6) is 0 Å². The summed E-state index contributed by atoms with van der Waals surface area (Å²) in [5.74, 6) is 0.211. The van der Waals surface area contributed by atoms with E-state index in [0.29, 0.717) is 12.1 Å². The molecule has 0 radical (unpaired) electrons. The summed E-state index contributed by atoms with van der Waals surface area (Å²) in [5.41, 5.74) is 4.61. The minimum atomic E-state index is -0.771. The molecule has 0 unspecified atom stereocenters. The zero-order valence-corrected chi connectivity index (χ0v) is 17.8. The summed E-state index contributed by atoms with van der Waals surface area (Å²) >= 11 is 0. The lowest BCUT2D eigenvalue weighted by atomic mass is 10.0. The van der Waals surface area contributed by atoms with Crippen molar-refractivity contribution in [2.24, 2.45) is 0 Å². The Labute approximate surface area is 172 Å². The lowest BCUT2D eigenvalue weighted by Crippen LogP contribution is -2.48. The highest BCUT2D eigenvalue weighted by molar-refractivity contribution is 5.85. The average molecular weight is 418 g/mol. The maximum absolute atomic E-state index is 9.51. The van der Waals surface area contributed by atoms with Gasteiger partial charge >= 0.3 is 6.01 Å². The quantitative estimate of drug-likeness (QED) is 0.688. The van der Waals surface area contributed by atoms with Crippen molar-refractivity contribution in [2.75, 3.05) is 25.0 Å². The van der Waals surface area contributed by atoms with E-state index >= 15 is 0 Å². The Morgan fingerprint density at radius 3 is 2.70 bits per heavy atom. The van der Waals surface area contributed by atoms with Crippen molar-refractivity contribution < 1.29 is 9.52 Å². The van der Waals surface area contributed by atoms with E-state index in [9.17, 15) is 5.11 Å². The van der Waals surface area contributed by atoms with Gasteiger partial charge in [0.2, 0.25) is 5.89 Å². The van der Waals surface area contributed by atoms with Gasteiger partial charge in [0.1, 0.15) is 6.10 Å². The van der Waals surface area contributed by atoms with Crippen LogP contribution >= 0.6 is 24.8 Å². The van der Waals surface area contributed by atoms with Crippen LogP contribution in [0, 0.1) is 13.8 Å². The van der Waals surface area contributed by atoms with Crippen LogP contribution in [0.25, 0.3) is 0 Å². The first-order valence-electron chi connectivity index (χ1n) is 8.76. The Morgan fingerprint density at radius 1 is 1.33 bits per heavy atom. The number of piperazine rings is 1. The summed E-state index contributed by atoms with van der Waals surface area (Å²) in [5, 5.41) is 24.0. The summed E-state index contributed by atoms with van der Waals surface area (Å²) in [6.45, 7) is 12.1. The molecule has 2 atom stereocenters. The fourth-order valence-electron chi connectivity index (χ4n) is 3.19. The number of anilines is 2. The number of hydrogen-bond donors (Lipinski definition) is 3. The minimum Gasteiger partial charge on any atom is -0.405 e. The van der Waals surface area contributed by atoms with Crippen molar-refractivity contribution in [3.05, 3.63) is 34.7 Å². The molecule has 27 heavy (non-hydrogen) atoms. The van der Waals surface area contributed by atoms with Crippen molar-refractivity contribution in [1.29, 1.82) is 0 Å². The molecule has 0 saturated carbocycles. The molecule has 2 aromatic rings. The highest BCUT2D eigenvalue weighted by atomic mass is 35.5. The van der Waals surface area contributed by atoms with Crippen LogP contribution in [0.4, 0.5) is 11.7 Å². The summed E-state index contributed by atoms with van der Waals surface area (Å²) in [6.07, 6.45) is -0.771. The highest BCUT2D eigenvalue weighted by Gasteiger charge is 2.18. The van der Waals surface area contributed by atoms with Crippen LogP contribution in [0.1, 0.15) is 42.5 Å². The molecule has 0 amide bonds. The second-order valence-corrected chi connectivity index (χ2v) is 6.93. The van der Waals surface area contributed by atoms with Crippen molar-refractivity contribution in [1.82, 2.24) is 20.4 Å². The van der Waals surface area contributed by atoms with Crippen LogP contribution in [-0.2, 0) is 6.54 Å². The molecule has 1 aromatic heterocycles. The predicted octanol–water partition coefficient (Wildman–Crippen LogP) is 3.12. The van der Waals surface area contributed by atoms with Crippen molar-refractivity contribution >= 4 is 36.5 Å². The average Bonchev–Trinajstić information content (AvgIpc) is 3.01. The van der Waals surface area contributed by atoms with Crippen LogP contribution in [0.2, 0.25) is 0 Å². The molecule has 7 nitrogen and oxygen atoms in total. The Hall–Kier alpha value is -1.38. The van der Waals surface area contributed by atoms with Crippen LogP contribution in [-0.4, -0.2) is 45.9 Å². The number of nitrogens with one attached hydrogen (secondary N) is 2. The number of rotatable bonds is 5. The monoisotopic (exact) mass is 417 g/mol. The van der Waals surface area contributed by atoms with Gasteiger partial charge < -0.3 is 20.2 Å². The van der Waals surface area contributed by atoms with Gasteiger partial charge in [0.15, 0.2) is 0 Å². The first kappa shape index (κ1) is 23.7. The number of aromatic nitrogens is 2. The fraction of sp³-hybridized carbons (Fsp3) is 0.556. The second-order valence-electron chi connectivity index (χ2n) is 6.93. The third-order valence-corrected chi connectivity index (χ3v) is 4.55. The maximum Gasteiger partial charge on any atom is 0.320 e. The molecular weight excluding hydrogens is 389 g/mol. The third kappa shape index (κ3) is 6.05. The summed E-state index contributed by atoms with van der Waals surface area (Å²) < 4.78 is 5.45. The van der Waals surface area contributed by atoms with E-state index < -0.39 is 6.10 Å². The van der Waals surface area contributed by atoms with Crippen molar-refractivity contribution in [3.8, 4) is 0 Å². The summed E-state index contributed by atoms with van der Waals surface area (Å²) in [4.78, 5) is 2.48. The number of halogens is 2. The van der Waals surface area contributed by atoms with E-state index in [4.69, 9.17) is 4.42 Å². The van der Waals surface area contributed by atoms with Crippen molar-refractivity contribution in [2.45, 2.75) is 46.4 Å². The molecule has 1 aliphatic rings. The second kappa shape index (κ2) is 10.2. The Kier molecular flexibility index (Phi) is 8.98. The summed E-state index contributed by atoms with van der Waals surface area (Å²) in [6, 6.07) is 5.13. The molecule has 1 aliphatic heterocycles. The zero-order valence-electron chi connectivity index (χ0n) is 16.2. The normalized spacial score (nSPS) is 18.3. The van der Waals surface area contributed by atoms with Crippen LogP contribution in [0.3, 0.4) is 0 Å². The first-order valence-corrected chi connectivity index (χ1v) is 8.76. The Bertz CT molecular complexity index is 739. The first-order chi connectivity index (χ1) is 11.9. The number of hydrogen-bond acceptors (Lipinski definition) is 7. The minimum absolute atomic E-state index is 0. The van der Waals surface area contributed by atoms with Crippen LogP contribution in [0.15, 0.2) is 16.5 Å². The number of nitrogens with zero attached hydrogens (tertiary/aromatic N) is 3. The SMILES string of the molecule is Cc1cc(CN2CCN[C@@H](C)C2)c(C)c(Nc2nnc([C@H](C)O)o2)c1.Cl.Cl. The van der Waals surface area contributed by atoms with Gasteiger partial charge in [-0.1, -0.05) is 11.2 Å². The number of aryl methyl sites for hydroxylation is 1. The van der Waals surface area contributed by atoms with Gasteiger partial charge in [0.05, 0.1) is 0 Å². The van der Waals surface area contributed by atoms with Gasteiger partial charge in [-0.25, -0.2) is 0 Å². The predicted molar refractivity (Wildman–Crippen MR) is 111 cm³/mol. The van der Waals surface area contributed by atoms with Gasteiger partial charge in [-0.2, -0.15) is 0 Å². The standard InChI is InChI=1S/C18H27N5O2.2ClH/c1-11-7-15(10-23-6-5-19-12(2)9-23)13(3)16(8-11)20-18-22-21-17(25-18)14(4)24;;/h7-8,12,14,19,24H,5-6,9-10H2,1-4H3,(H,20,22);2*1H/t12-,14-;;/m0../s1. The van der Waals surface area contributed by atoms with Gasteiger partial charge in [0, 0.05) is 37.9 Å². The van der Waals surface area contributed by atoms with E-state index in [1.165, 1.54) is 16.7 Å². The van der Waals surface area contributed by atoms with Crippen molar-refractivity contribution in [3.63, 3.8) is 0 Å². The Balaban J connectivity index is 0.00000182. The van der Waals surface area contributed by atoms with E-state index in [-0.39, 0.29) is 30.7 Å². The van der Waals surface area contributed by atoms with E-state index in [1.54, 1.807) is 6.92 Å². The molecular formula is C18H29Cl2N5O2. The zero-order chi connectivity index (χ0) is 18.0. The Morgan fingerprint density at radius 2 is 2.07 bits per heavy atom. The summed E-state index contributed by atoms with van der Waals surface area (Å²) in [7, 11) is 0. The molecule has 3 rings (SSSR count). The van der Waals surface area contributed by atoms with Gasteiger partial charge in [-0.3, -0.25) is 4.90 Å². The van der Waals surface area contributed by atoms with E-state index in [0.717, 1.165) is 31.9 Å². The molecule has 1 fully saturated rings. The van der Waals surface area contributed by atoms with E-state index in [1.807, 2.05) is 0 Å². The lowest BCUT2D eigenvalue weighted by molar-refractivity contribution is 0.164. The fourth-order valence-corrected chi connectivity index (χ4v) is 3.19. The molecule has 0 bridgehead atoms. The highest BCUT2D eigenvalue weighted by Crippen LogP contribution is 2.26. The number of aliphatic hydroxyl groups excluding tert-OH is 1.